The highest BCUT2D eigenvalue weighted by Crippen LogP contribution is 2.34. The molecule has 1 unspecified atom stereocenters. The Morgan fingerprint density at radius 3 is 2.33 bits per heavy atom. The maximum Gasteiger partial charge on any atom is 0.573 e. The van der Waals surface area contributed by atoms with E-state index in [0.717, 1.165) is 37.9 Å². The van der Waals surface area contributed by atoms with Crippen molar-refractivity contribution < 1.29 is 23.0 Å². The molecule has 3 nitrogen and oxygen atoms in total. The number of rotatable bonds is 6. The first-order chi connectivity index (χ1) is 12.9. The normalized spacial score (nSPS) is 21.2. The zero-order chi connectivity index (χ0) is 19.3. The molecule has 0 spiro atoms. The number of hydrogen-bond donors (Lipinski definition) is 1. The first kappa shape index (κ1) is 19.7. The van der Waals surface area contributed by atoms with Gasteiger partial charge in [0.2, 0.25) is 0 Å². The summed E-state index contributed by atoms with van der Waals surface area (Å²) in [5, 5.41) is 10.1. The number of aliphatic hydroxyl groups excluding tert-OH is 1. The molecule has 1 heterocycles. The van der Waals surface area contributed by atoms with Gasteiger partial charge in [0.05, 0.1) is 6.61 Å². The summed E-state index contributed by atoms with van der Waals surface area (Å²) in [5.41, 5.74) is 1.96. The van der Waals surface area contributed by atoms with Crippen molar-refractivity contribution in [3.05, 3.63) is 65.7 Å². The van der Waals surface area contributed by atoms with Crippen LogP contribution in [0.2, 0.25) is 0 Å². The Bertz CT molecular complexity index is 718. The zero-order valence-electron chi connectivity index (χ0n) is 15.1. The minimum absolute atomic E-state index is 0.122. The number of likely N-dealkylation sites (tertiary alicyclic amines) is 1. The number of alkyl halides is 3. The Hall–Kier alpha value is -2.05. The molecule has 6 heteroatoms. The van der Waals surface area contributed by atoms with Crippen molar-refractivity contribution in [3.63, 3.8) is 0 Å². The van der Waals surface area contributed by atoms with Crippen LogP contribution >= 0.6 is 0 Å². The molecule has 146 valence electrons. The molecule has 0 amide bonds. The van der Waals surface area contributed by atoms with Gasteiger partial charge in [0.25, 0.3) is 0 Å². The first-order valence-electron chi connectivity index (χ1n) is 9.09. The summed E-state index contributed by atoms with van der Waals surface area (Å²) in [6.45, 7) is 2.44. The third-order valence-corrected chi connectivity index (χ3v) is 5.06. The monoisotopic (exact) mass is 379 g/mol. The first-order valence-corrected chi connectivity index (χ1v) is 9.09. The largest absolute Gasteiger partial charge is 0.573 e. The Labute approximate surface area is 157 Å². The Morgan fingerprint density at radius 2 is 1.70 bits per heavy atom. The van der Waals surface area contributed by atoms with E-state index in [4.69, 9.17) is 0 Å². The fraction of sp³-hybridized carbons (Fsp3) is 0.429. The fourth-order valence-electron chi connectivity index (χ4n) is 3.86. The summed E-state index contributed by atoms with van der Waals surface area (Å²) < 4.78 is 40.7. The lowest BCUT2D eigenvalue weighted by atomic mass is 9.75. The Balaban J connectivity index is 1.63. The maximum atomic E-state index is 12.3. The molecule has 1 fully saturated rings. The van der Waals surface area contributed by atoms with Crippen molar-refractivity contribution in [3.8, 4) is 5.75 Å². The van der Waals surface area contributed by atoms with E-state index in [1.54, 1.807) is 12.1 Å². The molecule has 0 saturated carbocycles. The standard InChI is InChI=1S/C21H24F3NO2/c22-21(23,24)27-19-9-7-18(8-10-19)14-25-12-4-11-20(15-25,16-26)13-17-5-2-1-3-6-17/h1-3,5-10,26H,4,11-16H2. The number of piperidine rings is 1. The van der Waals surface area contributed by atoms with E-state index in [0.29, 0.717) is 6.54 Å². The van der Waals surface area contributed by atoms with Crippen molar-refractivity contribution >= 4 is 0 Å². The average molecular weight is 379 g/mol. The van der Waals surface area contributed by atoms with Crippen LogP contribution < -0.4 is 4.74 Å². The summed E-state index contributed by atoms with van der Waals surface area (Å²) >= 11 is 0. The van der Waals surface area contributed by atoms with Gasteiger partial charge in [-0.3, -0.25) is 4.90 Å². The van der Waals surface area contributed by atoms with Gasteiger partial charge in [-0.05, 0) is 49.1 Å². The number of benzene rings is 2. The van der Waals surface area contributed by atoms with Crippen LogP contribution in [0, 0.1) is 5.41 Å². The Kier molecular flexibility index (Phi) is 6.07. The van der Waals surface area contributed by atoms with Crippen molar-refractivity contribution in [2.75, 3.05) is 19.7 Å². The molecule has 1 saturated heterocycles. The highest BCUT2D eigenvalue weighted by Gasteiger charge is 2.35. The molecular weight excluding hydrogens is 355 g/mol. The lowest BCUT2D eigenvalue weighted by Gasteiger charge is -2.42. The molecule has 2 aromatic carbocycles. The molecule has 0 aromatic heterocycles. The summed E-state index contributed by atoms with van der Waals surface area (Å²) in [5.74, 6) is -0.210. The van der Waals surface area contributed by atoms with Gasteiger partial charge in [-0.15, -0.1) is 13.2 Å². The van der Waals surface area contributed by atoms with Crippen LogP contribution in [-0.4, -0.2) is 36.1 Å². The average Bonchev–Trinajstić information content (AvgIpc) is 2.63. The molecule has 1 aliphatic rings. The highest BCUT2D eigenvalue weighted by molar-refractivity contribution is 5.27. The SMILES string of the molecule is OCC1(Cc2ccccc2)CCCN(Cc2ccc(OC(F)(F)F)cc2)C1. The van der Waals surface area contributed by atoms with Crippen molar-refractivity contribution in [2.45, 2.75) is 32.2 Å². The van der Waals surface area contributed by atoms with Gasteiger partial charge in [0.15, 0.2) is 0 Å². The third kappa shape index (κ3) is 5.71. The molecule has 0 bridgehead atoms. The van der Waals surface area contributed by atoms with Crippen molar-refractivity contribution in [1.29, 1.82) is 0 Å². The predicted octanol–water partition coefficient (Wildman–Crippen LogP) is 4.40. The van der Waals surface area contributed by atoms with Crippen LogP contribution in [0.4, 0.5) is 13.2 Å². The van der Waals surface area contributed by atoms with Gasteiger partial charge in [0.1, 0.15) is 5.75 Å². The van der Waals surface area contributed by atoms with E-state index >= 15 is 0 Å². The van der Waals surface area contributed by atoms with E-state index in [1.165, 1.54) is 17.7 Å². The number of aliphatic hydroxyl groups is 1. The second-order valence-corrected chi connectivity index (χ2v) is 7.33. The van der Waals surface area contributed by atoms with Crippen LogP contribution in [0.5, 0.6) is 5.75 Å². The zero-order valence-corrected chi connectivity index (χ0v) is 15.1. The number of nitrogens with zero attached hydrogens (tertiary/aromatic N) is 1. The predicted molar refractivity (Wildman–Crippen MR) is 97.3 cm³/mol. The molecule has 2 aromatic rings. The number of ether oxygens (including phenoxy) is 1. The van der Waals surface area contributed by atoms with Gasteiger partial charge in [0, 0.05) is 18.5 Å². The van der Waals surface area contributed by atoms with Gasteiger partial charge in [-0.1, -0.05) is 42.5 Å². The second-order valence-electron chi connectivity index (χ2n) is 7.33. The fourth-order valence-corrected chi connectivity index (χ4v) is 3.86. The lowest BCUT2D eigenvalue weighted by Crippen LogP contribution is -2.46. The van der Waals surface area contributed by atoms with Gasteiger partial charge < -0.3 is 9.84 Å². The number of halogens is 3. The molecule has 27 heavy (non-hydrogen) atoms. The molecule has 1 aliphatic heterocycles. The highest BCUT2D eigenvalue weighted by atomic mass is 19.4. The third-order valence-electron chi connectivity index (χ3n) is 5.06. The second kappa shape index (κ2) is 8.31. The van der Waals surface area contributed by atoms with E-state index in [-0.39, 0.29) is 17.8 Å². The van der Waals surface area contributed by atoms with E-state index in [2.05, 4.69) is 21.8 Å². The summed E-state index contributed by atoms with van der Waals surface area (Å²) in [6.07, 6.45) is -1.90. The molecular formula is C21H24F3NO2. The van der Waals surface area contributed by atoms with Crippen LogP contribution in [0.25, 0.3) is 0 Å². The summed E-state index contributed by atoms with van der Waals surface area (Å²) in [4.78, 5) is 2.27. The molecule has 1 atom stereocenters. The summed E-state index contributed by atoms with van der Waals surface area (Å²) in [6, 6.07) is 16.2. The van der Waals surface area contributed by atoms with E-state index in [9.17, 15) is 18.3 Å². The van der Waals surface area contributed by atoms with Crippen molar-refractivity contribution in [2.24, 2.45) is 5.41 Å². The summed E-state index contributed by atoms with van der Waals surface area (Å²) in [7, 11) is 0. The van der Waals surface area contributed by atoms with Crippen LogP contribution in [0.1, 0.15) is 24.0 Å². The molecule has 1 N–H and O–H groups in total. The Morgan fingerprint density at radius 1 is 1.00 bits per heavy atom. The van der Waals surface area contributed by atoms with Gasteiger partial charge in [-0.2, -0.15) is 0 Å². The van der Waals surface area contributed by atoms with E-state index < -0.39 is 6.36 Å². The van der Waals surface area contributed by atoms with Crippen LogP contribution in [-0.2, 0) is 13.0 Å². The topological polar surface area (TPSA) is 32.7 Å². The van der Waals surface area contributed by atoms with Crippen LogP contribution in [0.15, 0.2) is 54.6 Å². The molecule has 0 aliphatic carbocycles. The minimum Gasteiger partial charge on any atom is -0.406 e. The quantitative estimate of drug-likeness (QED) is 0.807. The van der Waals surface area contributed by atoms with Gasteiger partial charge in [-0.25, -0.2) is 0 Å². The maximum absolute atomic E-state index is 12.3. The van der Waals surface area contributed by atoms with Gasteiger partial charge >= 0.3 is 6.36 Å². The minimum atomic E-state index is -4.67. The smallest absolute Gasteiger partial charge is 0.406 e. The molecule has 0 radical (unpaired) electrons. The molecule has 3 rings (SSSR count). The van der Waals surface area contributed by atoms with Crippen molar-refractivity contribution in [1.82, 2.24) is 4.90 Å². The number of hydrogen-bond acceptors (Lipinski definition) is 3. The van der Waals surface area contributed by atoms with Crippen LogP contribution in [0.3, 0.4) is 0 Å². The lowest BCUT2D eigenvalue weighted by molar-refractivity contribution is -0.274. The van der Waals surface area contributed by atoms with E-state index in [1.807, 2.05) is 18.2 Å².